The van der Waals surface area contributed by atoms with E-state index >= 15 is 0 Å². The molecule has 27 heavy (non-hydrogen) atoms. The number of aromatic nitrogens is 2. The summed E-state index contributed by atoms with van der Waals surface area (Å²) in [5.74, 6) is 0.783. The number of pyridine rings is 1. The highest BCUT2D eigenvalue weighted by Crippen LogP contribution is 2.35. The molecule has 0 radical (unpaired) electrons. The highest BCUT2D eigenvalue weighted by atomic mass is 15.0. The van der Waals surface area contributed by atoms with E-state index in [4.69, 9.17) is 4.11 Å². The fourth-order valence-electron chi connectivity index (χ4n) is 3.82. The van der Waals surface area contributed by atoms with Crippen LogP contribution < -0.4 is 4.57 Å². The van der Waals surface area contributed by atoms with Gasteiger partial charge in [0.2, 0.25) is 5.69 Å². The first-order valence-electron chi connectivity index (χ1n) is 11.3. The molecule has 0 aliphatic heterocycles. The van der Waals surface area contributed by atoms with Gasteiger partial charge in [-0.1, -0.05) is 45.9 Å². The second-order valence-electron chi connectivity index (χ2n) is 8.18. The van der Waals surface area contributed by atoms with E-state index < -0.39 is 6.85 Å². The van der Waals surface area contributed by atoms with Crippen LogP contribution in [0.1, 0.15) is 71.5 Å². The molecule has 0 fully saturated rings. The average molecular weight is 365 g/mol. The maximum absolute atomic E-state index is 7.84. The van der Waals surface area contributed by atoms with Crippen LogP contribution in [0.3, 0.4) is 0 Å². The first kappa shape index (κ1) is 15.7. The van der Waals surface area contributed by atoms with Gasteiger partial charge >= 0.3 is 0 Å². The van der Waals surface area contributed by atoms with Gasteiger partial charge in [-0.3, -0.25) is 0 Å². The van der Waals surface area contributed by atoms with Gasteiger partial charge in [0.15, 0.2) is 6.20 Å². The maximum atomic E-state index is 7.84. The van der Waals surface area contributed by atoms with Gasteiger partial charge in [-0.2, -0.15) is 4.57 Å². The highest BCUT2D eigenvalue weighted by molar-refractivity contribution is 5.65. The molecule has 0 atom stereocenters. The van der Waals surface area contributed by atoms with Crippen molar-refractivity contribution in [3.8, 4) is 17.1 Å². The van der Waals surface area contributed by atoms with Gasteiger partial charge in [-0.15, -0.1) is 0 Å². The Hall–Kier alpha value is -2.35. The Kier molecular flexibility index (Phi) is 4.26. The van der Waals surface area contributed by atoms with Crippen LogP contribution >= 0.6 is 0 Å². The molecule has 0 aliphatic rings. The third-order valence-corrected chi connectivity index (χ3v) is 5.39. The number of hydrogen-bond acceptors (Lipinski definition) is 0. The molecule has 0 N–H and O–H groups in total. The predicted molar refractivity (Wildman–Crippen MR) is 115 cm³/mol. The second-order valence-corrected chi connectivity index (χ2v) is 8.18. The van der Waals surface area contributed by atoms with Crippen molar-refractivity contribution in [2.45, 2.75) is 60.2 Å². The van der Waals surface area contributed by atoms with Crippen molar-refractivity contribution >= 4 is 0 Å². The molecule has 0 saturated heterocycles. The van der Waals surface area contributed by atoms with E-state index in [0.29, 0.717) is 17.4 Å². The quantitative estimate of drug-likeness (QED) is 0.492. The third-order valence-electron chi connectivity index (χ3n) is 5.39. The smallest absolute Gasteiger partial charge is 0.229 e. The molecule has 142 valence electrons. The Bertz CT molecular complexity index is 1050. The zero-order chi connectivity index (χ0) is 22.4. The monoisotopic (exact) mass is 364 g/mol. The van der Waals surface area contributed by atoms with Crippen molar-refractivity contribution < 1.29 is 8.68 Å². The Morgan fingerprint density at radius 1 is 0.926 bits per heavy atom. The van der Waals surface area contributed by atoms with Gasteiger partial charge < -0.3 is 4.57 Å². The van der Waals surface area contributed by atoms with Gasteiger partial charge in [0, 0.05) is 21.9 Å². The lowest BCUT2D eigenvalue weighted by Gasteiger charge is -2.22. The molecule has 2 heteroatoms. The topological polar surface area (TPSA) is 8.81 Å². The summed E-state index contributed by atoms with van der Waals surface area (Å²) >= 11 is 0. The fourth-order valence-corrected chi connectivity index (χ4v) is 3.82. The number of aryl methyl sites for hydroxylation is 4. The van der Waals surface area contributed by atoms with Gasteiger partial charge in [-0.05, 0) is 60.9 Å². The Morgan fingerprint density at radius 3 is 2.11 bits per heavy atom. The van der Waals surface area contributed by atoms with E-state index in [1.54, 1.807) is 6.20 Å². The molecule has 0 aliphatic carbocycles. The van der Waals surface area contributed by atoms with Crippen molar-refractivity contribution in [3.63, 3.8) is 0 Å². The fraction of sp³-hybridized carbons (Fsp3) is 0.400. The molecule has 1 aromatic carbocycles. The highest BCUT2D eigenvalue weighted by Gasteiger charge is 2.23. The number of para-hydroxylation sites is 1. The second kappa shape index (κ2) is 7.34. The van der Waals surface area contributed by atoms with Crippen LogP contribution in [0.25, 0.3) is 17.1 Å². The van der Waals surface area contributed by atoms with Crippen molar-refractivity contribution in [2.75, 3.05) is 0 Å². The van der Waals surface area contributed by atoms with Gasteiger partial charge in [0.25, 0.3) is 0 Å². The van der Waals surface area contributed by atoms with Crippen molar-refractivity contribution in [3.05, 3.63) is 70.5 Å². The van der Waals surface area contributed by atoms with Crippen molar-refractivity contribution in [1.82, 2.24) is 4.57 Å². The zero-order valence-corrected chi connectivity index (χ0v) is 17.6. The molecule has 0 saturated carbocycles. The number of benzene rings is 1. The van der Waals surface area contributed by atoms with Crippen molar-refractivity contribution in [2.24, 2.45) is 7.05 Å². The average Bonchev–Trinajstić information content (AvgIpc) is 3.02. The van der Waals surface area contributed by atoms with E-state index in [9.17, 15) is 0 Å². The normalized spacial score (nSPS) is 13.7. The largest absolute Gasteiger partial charge is 0.311 e. The first-order valence-corrected chi connectivity index (χ1v) is 9.75. The summed E-state index contributed by atoms with van der Waals surface area (Å²) in [5.41, 5.74) is 8.34. The van der Waals surface area contributed by atoms with E-state index in [1.807, 2.05) is 24.6 Å². The first-order chi connectivity index (χ1) is 13.9. The SMILES string of the molecule is [2H]C([2H])([2H])c1c[n+](C)c(-c2c(C)ccn2-c2c(C(C)C)cccc2C(C)C)cc1C. The summed E-state index contributed by atoms with van der Waals surface area (Å²) in [6, 6.07) is 10.7. The van der Waals surface area contributed by atoms with E-state index in [0.717, 1.165) is 17.0 Å². The van der Waals surface area contributed by atoms with Crippen molar-refractivity contribution in [1.29, 1.82) is 0 Å². The standard InChI is InChI=1S/C25H33N2/c1-16(2)21-10-9-11-22(17(3)4)25(21)27-13-12-18(5)24(27)23-14-19(6)20(7)15-26(23)8/h9-17H,1-8H3/q+1/i7D3. The predicted octanol–water partition coefficient (Wildman–Crippen LogP) is 6.14. The molecular weight excluding hydrogens is 328 g/mol. The lowest BCUT2D eigenvalue weighted by molar-refractivity contribution is -0.661. The van der Waals surface area contributed by atoms with Gasteiger partial charge in [0.05, 0.1) is 5.69 Å². The van der Waals surface area contributed by atoms with E-state index in [1.165, 1.54) is 22.4 Å². The lowest BCUT2D eigenvalue weighted by atomic mass is 9.92. The third kappa shape index (κ3) is 3.45. The molecule has 0 amide bonds. The summed E-state index contributed by atoms with van der Waals surface area (Å²) in [6.45, 7) is 10.8. The molecule has 2 heterocycles. The molecular formula is C25H33N2+. The van der Waals surface area contributed by atoms with Crippen LogP contribution in [-0.2, 0) is 7.05 Å². The van der Waals surface area contributed by atoms with Crippen LogP contribution in [0.5, 0.6) is 0 Å². The van der Waals surface area contributed by atoms with Crippen LogP contribution in [-0.4, -0.2) is 4.57 Å². The van der Waals surface area contributed by atoms with E-state index in [-0.39, 0.29) is 0 Å². The minimum atomic E-state index is -2.12. The molecule has 2 nitrogen and oxygen atoms in total. The zero-order valence-electron chi connectivity index (χ0n) is 20.6. The van der Waals surface area contributed by atoms with Crippen LogP contribution in [0.15, 0.2) is 42.7 Å². The van der Waals surface area contributed by atoms with Crippen LogP contribution in [0.2, 0.25) is 0 Å². The summed E-state index contributed by atoms with van der Waals surface area (Å²) in [7, 11) is 1.93. The van der Waals surface area contributed by atoms with E-state index in [2.05, 4.69) is 69.6 Å². The van der Waals surface area contributed by atoms with Gasteiger partial charge in [0.1, 0.15) is 12.7 Å². The molecule has 2 aromatic heterocycles. The number of hydrogen-bond donors (Lipinski definition) is 0. The maximum Gasteiger partial charge on any atom is 0.229 e. The molecule has 0 bridgehead atoms. The minimum absolute atomic E-state index is 0.391. The summed E-state index contributed by atoms with van der Waals surface area (Å²) in [5, 5.41) is 0. The summed E-state index contributed by atoms with van der Waals surface area (Å²) < 4.78 is 27.8. The van der Waals surface area contributed by atoms with Crippen LogP contribution in [0.4, 0.5) is 0 Å². The van der Waals surface area contributed by atoms with Gasteiger partial charge in [-0.25, -0.2) is 0 Å². The molecule has 0 unspecified atom stereocenters. The summed E-state index contributed by atoms with van der Waals surface area (Å²) in [6.07, 6.45) is 3.90. The Balaban J connectivity index is 2.33. The van der Waals surface area contributed by atoms with Crippen LogP contribution in [0, 0.1) is 20.7 Å². The number of rotatable bonds is 4. The number of nitrogens with zero attached hydrogens (tertiary/aromatic N) is 2. The summed E-state index contributed by atoms with van der Waals surface area (Å²) in [4.78, 5) is 0. The molecule has 3 rings (SSSR count). The minimum Gasteiger partial charge on any atom is -0.311 e. The molecule has 3 aromatic rings. The molecule has 0 spiro atoms. The Morgan fingerprint density at radius 2 is 1.56 bits per heavy atom. The Labute approximate surface area is 168 Å². The lowest BCUT2D eigenvalue weighted by Crippen LogP contribution is -2.32.